The number of hydrogen-bond donors (Lipinski definition) is 0. The van der Waals surface area contributed by atoms with Crippen molar-refractivity contribution >= 4 is 0 Å². The first-order valence-corrected chi connectivity index (χ1v) is 4.54. The summed E-state index contributed by atoms with van der Waals surface area (Å²) >= 11 is 0. The van der Waals surface area contributed by atoms with Crippen LogP contribution in [0.4, 0.5) is 26.3 Å². The van der Waals surface area contributed by atoms with Crippen molar-refractivity contribution in [3.05, 3.63) is 60.7 Å². The zero-order valence-corrected chi connectivity index (χ0v) is 12.0. The summed E-state index contributed by atoms with van der Waals surface area (Å²) in [6.45, 7) is 0. The van der Waals surface area contributed by atoms with Gasteiger partial charge in [-0.25, -0.2) is 0 Å². The standard InChI is InChI=1S/2C5H.C4F6.2Ni/c2*1-2-4-5-3-1;5-3(6,7)1-2-4(8,9)10;;/h2*1H;;;/q2*-5;;;. The molecule has 0 amide bonds. The molecule has 0 radical (unpaired) electrons. The van der Waals surface area contributed by atoms with Gasteiger partial charge in [0.2, 0.25) is 0 Å². The van der Waals surface area contributed by atoms with Gasteiger partial charge >= 0.3 is 12.4 Å². The molecule has 2 aromatic carbocycles. The molecule has 0 bridgehead atoms. The first-order chi connectivity index (χ1) is 9.21. The minimum Gasteiger partial charge on any atom is -0.999 e. The second-order valence-electron chi connectivity index (χ2n) is 2.61. The molecule has 0 aliphatic carbocycles. The first-order valence-electron chi connectivity index (χ1n) is 4.54. The van der Waals surface area contributed by atoms with E-state index in [1.807, 2.05) is 0 Å². The number of rotatable bonds is 0. The van der Waals surface area contributed by atoms with Crippen LogP contribution in [0.15, 0.2) is 12.1 Å². The molecule has 130 valence electrons. The molecule has 0 unspecified atom stereocenters. The fraction of sp³-hybridized carbons (Fsp3) is 0.143. The van der Waals surface area contributed by atoms with E-state index in [9.17, 15) is 26.3 Å². The average molecular weight is 402 g/mol. The summed E-state index contributed by atoms with van der Waals surface area (Å²) in [6.07, 6.45) is -10.1. The van der Waals surface area contributed by atoms with Crippen LogP contribution in [-0.2, 0) is 33.0 Å². The molecular weight excluding hydrogens is 400 g/mol. The minimum absolute atomic E-state index is 0. The van der Waals surface area contributed by atoms with Gasteiger partial charge in [0.15, 0.2) is 0 Å². The van der Waals surface area contributed by atoms with E-state index >= 15 is 0 Å². The van der Waals surface area contributed by atoms with Gasteiger partial charge in [-0.1, -0.05) is 0 Å². The van der Waals surface area contributed by atoms with Crippen molar-refractivity contribution in [3.8, 4) is 11.8 Å². The van der Waals surface area contributed by atoms with Crippen LogP contribution in [0.25, 0.3) is 0 Å². The molecule has 0 aliphatic heterocycles. The van der Waals surface area contributed by atoms with Crippen molar-refractivity contribution in [1.82, 2.24) is 0 Å². The predicted octanol–water partition coefficient (Wildman–Crippen LogP) is 3.32. The molecule has 0 saturated carbocycles. The molecule has 0 spiro atoms. The van der Waals surface area contributed by atoms with Crippen molar-refractivity contribution in [1.29, 1.82) is 0 Å². The summed E-state index contributed by atoms with van der Waals surface area (Å²) in [7, 11) is 0. The Kier molecular flexibility index (Phi) is 15.8. The molecule has 2 rings (SSSR count). The van der Waals surface area contributed by atoms with Crippen LogP contribution in [0.2, 0.25) is 0 Å². The molecular formula is C14H2F6Ni2-10. The maximum absolute atomic E-state index is 10.9. The van der Waals surface area contributed by atoms with Crippen molar-refractivity contribution in [2.75, 3.05) is 0 Å². The molecule has 0 fully saturated rings. The van der Waals surface area contributed by atoms with Crippen LogP contribution >= 0.6 is 0 Å². The van der Waals surface area contributed by atoms with E-state index in [1.54, 1.807) is 12.1 Å². The van der Waals surface area contributed by atoms with Crippen LogP contribution in [0.1, 0.15) is 0 Å². The molecule has 0 aromatic heterocycles. The van der Waals surface area contributed by atoms with Crippen molar-refractivity contribution in [2.45, 2.75) is 12.4 Å². The first kappa shape index (κ1) is 25.8. The van der Waals surface area contributed by atoms with Gasteiger partial charge in [-0.15, -0.1) is 0 Å². The molecule has 0 aliphatic rings. The minimum atomic E-state index is -5.07. The van der Waals surface area contributed by atoms with E-state index < -0.39 is 12.4 Å². The van der Waals surface area contributed by atoms with Crippen LogP contribution in [-0.4, -0.2) is 12.4 Å². The predicted molar refractivity (Wildman–Crippen MR) is 54.6 cm³/mol. The van der Waals surface area contributed by atoms with Gasteiger partial charge in [-0.05, 0) is 0 Å². The van der Waals surface area contributed by atoms with E-state index in [1.165, 1.54) is 0 Å². The molecule has 0 nitrogen and oxygen atoms in total. The van der Waals surface area contributed by atoms with Gasteiger partial charge < -0.3 is 60.7 Å². The Hall–Kier alpha value is -1.17. The number of alkyl halides is 6. The third-order valence-electron chi connectivity index (χ3n) is 1.05. The van der Waals surface area contributed by atoms with Crippen LogP contribution in [0, 0.1) is 60.4 Å². The fourth-order valence-electron chi connectivity index (χ4n) is 0.503. The number of hydrogen-bond acceptors (Lipinski definition) is 0. The summed E-state index contributed by atoms with van der Waals surface area (Å²) in [4.78, 5) is 0. The Balaban J connectivity index is -0.000000254. The average Bonchev–Trinajstić information content (AvgIpc) is 3.03. The Morgan fingerprint density at radius 2 is 0.773 bits per heavy atom. The Labute approximate surface area is 144 Å². The maximum atomic E-state index is 10.9. The van der Waals surface area contributed by atoms with Crippen LogP contribution in [0.5, 0.6) is 0 Å². The summed E-state index contributed by atoms with van der Waals surface area (Å²) in [5.41, 5.74) is 0. The molecule has 22 heavy (non-hydrogen) atoms. The second-order valence-corrected chi connectivity index (χ2v) is 2.61. The zero-order valence-electron chi connectivity index (χ0n) is 10.1. The van der Waals surface area contributed by atoms with Gasteiger partial charge in [0, 0.05) is 44.8 Å². The molecule has 2 aromatic rings. The van der Waals surface area contributed by atoms with Gasteiger partial charge in [-0.3, -0.25) is 0 Å². The third kappa shape index (κ3) is 23.9. The van der Waals surface area contributed by atoms with Gasteiger partial charge in [0.05, 0.1) is 0 Å². The Morgan fingerprint density at radius 1 is 0.545 bits per heavy atom. The number of halogens is 6. The van der Waals surface area contributed by atoms with Gasteiger partial charge in [0.1, 0.15) is 0 Å². The molecule has 0 N–H and O–H groups in total. The van der Waals surface area contributed by atoms with E-state index in [4.69, 9.17) is 0 Å². The Morgan fingerprint density at radius 3 is 0.864 bits per heavy atom. The topological polar surface area (TPSA) is 0 Å². The van der Waals surface area contributed by atoms with Crippen molar-refractivity contribution in [3.63, 3.8) is 0 Å². The smallest absolute Gasteiger partial charge is 0.457 e. The fourth-order valence-corrected chi connectivity index (χ4v) is 0.503. The van der Waals surface area contributed by atoms with Crippen LogP contribution in [0.3, 0.4) is 0 Å². The summed E-state index contributed by atoms with van der Waals surface area (Å²) in [5.74, 6) is 0.174. The monoisotopic (exact) mass is 400 g/mol. The molecule has 0 atom stereocenters. The van der Waals surface area contributed by atoms with Crippen molar-refractivity contribution < 1.29 is 59.3 Å². The van der Waals surface area contributed by atoms with Gasteiger partial charge in [-0.2, -0.15) is 26.3 Å². The largest absolute Gasteiger partial charge is 0.999 e. The van der Waals surface area contributed by atoms with Crippen molar-refractivity contribution in [2.24, 2.45) is 0 Å². The zero-order chi connectivity index (χ0) is 15.5. The SMILES string of the molecule is FC(F)(F)C#CC(F)(F)F.[Ni].[Ni].[c-]1[c-][c-][cH-][c-]1.[c-]1[c-][c-][cH-][c-]1. The van der Waals surface area contributed by atoms with E-state index in [2.05, 4.69) is 48.5 Å². The van der Waals surface area contributed by atoms with E-state index in [0.29, 0.717) is 0 Å². The summed E-state index contributed by atoms with van der Waals surface area (Å²) in [5, 5.41) is 0. The third-order valence-corrected chi connectivity index (χ3v) is 1.05. The quantitative estimate of drug-likeness (QED) is 0.275. The van der Waals surface area contributed by atoms with E-state index in [-0.39, 0.29) is 44.8 Å². The van der Waals surface area contributed by atoms with Gasteiger partial charge in [0.25, 0.3) is 0 Å². The molecule has 0 heterocycles. The Bertz CT molecular complexity index is 393. The second kappa shape index (κ2) is 13.5. The normalized spacial score (nSPS) is 9.18. The van der Waals surface area contributed by atoms with E-state index in [0.717, 1.165) is 0 Å². The molecule has 0 saturated heterocycles. The summed E-state index contributed by atoms with van der Waals surface area (Å²) < 4.78 is 65.5. The maximum Gasteiger partial charge on any atom is 0.457 e. The van der Waals surface area contributed by atoms with Crippen LogP contribution < -0.4 is 0 Å². The molecule has 8 heteroatoms. The summed E-state index contributed by atoms with van der Waals surface area (Å²) in [6, 6.07) is 24.0.